The highest BCUT2D eigenvalue weighted by Crippen LogP contribution is 2.21. The van der Waals surface area contributed by atoms with Crippen molar-refractivity contribution in [3.8, 4) is 0 Å². The zero-order valence-electron chi connectivity index (χ0n) is 17.2. The van der Waals surface area contributed by atoms with Gasteiger partial charge in [-0.25, -0.2) is 9.59 Å². The Bertz CT molecular complexity index is 942. The molecule has 0 saturated carbocycles. The molecular weight excluding hydrogens is 400 g/mol. The summed E-state index contributed by atoms with van der Waals surface area (Å²) in [6.45, 7) is 0.126. The molecule has 2 aromatic carbocycles. The number of carbonyl (C=O) groups is 4. The molecule has 1 N–H and O–H groups in total. The third kappa shape index (κ3) is 5.91. The van der Waals surface area contributed by atoms with E-state index in [1.807, 2.05) is 30.3 Å². The van der Waals surface area contributed by atoms with Crippen LogP contribution >= 0.6 is 0 Å². The van der Waals surface area contributed by atoms with Gasteiger partial charge in [0, 0.05) is 25.1 Å². The van der Waals surface area contributed by atoms with E-state index < -0.39 is 30.5 Å². The van der Waals surface area contributed by atoms with Gasteiger partial charge >= 0.3 is 11.9 Å². The first-order valence-corrected chi connectivity index (χ1v) is 9.96. The SMILES string of the molecule is COC(=O)C(Cc1ccccc1)NC(=O)COC(=O)c1ccc(N2CCCC2=O)cc1. The third-order valence-corrected chi connectivity index (χ3v) is 4.93. The fourth-order valence-corrected chi connectivity index (χ4v) is 3.33. The monoisotopic (exact) mass is 424 g/mol. The van der Waals surface area contributed by atoms with Crippen LogP contribution in [0.3, 0.4) is 0 Å². The number of ether oxygens (including phenoxy) is 2. The predicted molar refractivity (Wildman–Crippen MR) is 112 cm³/mol. The Hall–Kier alpha value is -3.68. The normalized spacial score (nSPS) is 14.1. The molecule has 1 saturated heterocycles. The highest BCUT2D eigenvalue weighted by atomic mass is 16.5. The third-order valence-electron chi connectivity index (χ3n) is 4.93. The van der Waals surface area contributed by atoms with E-state index in [1.54, 1.807) is 29.2 Å². The maximum absolute atomic E-state index is 12.2. The number of carbonyl (C=O) groups excluding carboxylic acids is 4. The van der Waals surface area contributed by atoms with Gasteiger partial charge in [0.25, 0.3) is 5.91 Å². The van der Waals surface area contributed by atoms with Gasteiger partial charge in [-0.3, -0.25) is 9.59 Å². The minimum absolute atomic E-state index is 0.0580. The van der Waals surface area contributed by atoms with E-state index in [4.69, 9.17) is 9.47 Å². The van der Waals surface area contributed by atoms with E-state index in [0.717, 1.165) is 17.7 Å². The lowest BCUT2D eigenvalue weighted by Crippen LogP contribution is -2.44. The van der Waals surface area contributed by atoms with Crippen molar-refractivity contribution in [2.75, 3.05) is 25.2 Å². The van der Waals surface area contributed by atoms with Crippen molar-refractivity contribution in [2.45, 2.75) is 25.3 Å². The maximum Gasteiger partial charge on any atom is 0.338 e. The Morgan fingerprint density at radius 1 is 1.06 bits per heavy atom. The van der Waals surface area contributed by atoms with Crippen LogP contribution in [0.5, 0.6) is 0 Å². The van der Waals surface area contributed by atoms with E-state index in [9.17, 15) is 19.2 Å². The number of rotatable bonds is 8. The molecule has 162 valence electrons. The van der Waals surface area contributed by atoms with Crippen molar-refractivity contribution in [1.29, 1.82) is 0 Å². The standard InChI is InChI=1S/C23H24N2O6/c1-30-23(29)19(14-16-6-3-2-4-7-16)24-20(26)15-31-22(28)17-9-11-18(12-10-17)25-13-5-8-21(25)27/h2-4,6-7,9-12,19H,5,8,13-15H2,1H3,(H,24,26). The summed E-state index contributed by atoms with van der Waals surface area (Å²) in [4.78, 5) is 49.9. The van der Waals surface area contributed by atoms with Gasteiger partial charge in [0.1, 0.15) is 6.04 Å². The summed E-state index contributed by atoms with van der Waals surface area (Å²) in [6.07, 6.45) is 1.59. The summed E-state index contributed by atoms with van der Waals surface area (Å²) in [5, 5.41) is 2.54. The van der Waals surface area contributed by atoms with Crippen molar-refractivity contribution in [1.82, 2.24) is 5.32 Å². The molecule has 1 aliphatic rings. The zero-order valence-corrected chi connectivity index (χ0v) is 17.2. The Morgan fingerprint density at radius 3 is 2.39 bits per heavy atom. The quantitative estimate of drug-likeness (QED) is 0.649. The van der Waals surface area contributed by atoms with Gasteiger partial charge < -0.3 is 19.7 Å². The van der Waals surface area contributed by atoms with E-state index in [2.05, 4.69) is 5.32 Å². The number of nitrogens with zero attached hydrogens (tertiary/aromatic N) is 1. The fourth-order valence-electron chi connectivity index (χ4n) is 3.33. The molecule has 0 radical (unpaired) electrons. The van der Waals surface area contributed by atoms with E-state index in [1.165, 1.54) is 7.11 Å². The smallest absolute Gasteiger partial charge is 0.338 e. The van der Waals surface area contributed by atoms with Crippen LogP contribution in [0.4, 0.5) is 5.69 Å². The number of hydrogen-bond donors (Lipinski definition) is 1. The highest BCUT2D eigenvalue weighted by Gasteiger charge is 2.24. The molecule has 0 aromatic heterocycles. The Labute approximate surface area is 180 Å². The van der Waals surface area contributed by atoms with E-state index >= 15 is 0 Å². The van der Waals surface area contributed by atoms with Crippen LogP contribution in [-0.2, 0) is 30.3 Å². The average Bonchev–Trinajstić information content (AvgIpc) is 3.23. The Kier molecular flexibility index (Phi) is 7.37. The molecule has 1 heterocycles. The predicted octanol–water partition coefficient (Wildman–Crippen LogP) is 1.87. The van der Waals surface area contributed by atoms with Gasteiger partial charge in [0.2, 0.25) is 5.91 Å². The minimum Gasteiger partial charge on any atom is -0.467 e. The number of anilines is 1. The van der Waals surface area contributed by atoms with Gasteiger partial charge in [-0.1, -0.05) is 30.3 Å². The van der Waals surface area contributed by atoms with Crippen LogP contribution < -0.4 is 10.2 Å². The topological polar surface area (TPSA) is 102 Å². The van der Waals surface area contributed by atoms with Crippen LogP contribution in [0.25, 0.3) is 0 Å². The van der Waals surface area contributed by atoms with Gasteiger partial charge in [-0.05, 0) is 36.2 Å². The molecule has 1 fully saturated rings. The zero-order chi connectivity index (χ0) is 22.2. The molecule has 1 aliphatic heterocycles. The first-order chi connectivity index (χ1) is 15.0. The number of benzene rings is 2. The lowest BCUT2D eigenvalue weighted by Gasteiger charge is -2.17. The summed E-state index contributed by atoms with van der Waals surface area (Å²) < 4.78 is 9.81. The second kappa shape index (κ2) is 10.4. The average molecular weight is 424 g/mol. The summed E-state index contributed by atoms with van der Waals surface area (Å²) in [5.74, 6) is -1.82. The molecule has 3 rings (SSSR count). The van der Waals surface area contributed by atoms with Crippen LogP contribution in [0.2, 0.25) is 0 Å². The van der Waals surface area contributed by atoms with Crippen molar-refractivity contribution in [3.05, 3.63) is 65.7 Å². The molecule has 1 unspecified atom stereocenters. The number of amides is 2. The number of hydrogen-bond acceptors (Lipinski definition) is 6. The largest absolute Gasteiger partial charge is 0.467 e. The van der Waals surface area contributed by atoms with E-state index in [-0.39, 0.29) is 17.9 Å². The van der Waals surface area contributed by atoms with Crippen molar-refractivity contribution >= 4 is 29.4 Å². The molecule has 0 spiro atoms. The lowest BCUT2D eigenvalue weighted by atomic mass is 10.1. The number of esters is 2. The van der Waals surface area contributed by atoms with Crippen molar-refractivity contribution in [3.63, 3.8) is 0 Å². The number of nitrogens with one attached hydrogen (secondary N) is 1. The van der Waals surface area contributed by atoms with Crippen LogP contribution in [-0.4, -0.2) is 50.1 Å². The van der Waals surface area contributed by atoms with Crippen LogP contribution in [0.15, 0.2) is 54.6 Å². The van der Waals surface area contributed by atoms with E-state index in [0.29, 0.717) is 13.0 Å². The molecule has 2 aromatic rings. The first kappa shape index (κ1) is 22.0. The van der Waals surface area contributed by atoms with Crippen LogP contribution in [0, 0.1) is 0 Å². The highest BCUT2D eigenvalue weighted by molar-refractivity contribution is 5.96. The molecule has 2 amide bonds. The molecule has 0 bridgehead atoms. The molecule has 0 aliphatic carbocycles. The van der Waals surface area contributed by atoms with Crippen molar-refractivity contribution < 1.29 is 28.7 Å². The number of methoxy groups -OCH3 is 1. The summed E-state index contributed by atoms with van der Waals surface area (Å²) in [7, 11) is 1.24. The Morgan fingerprint density at radius 2 is 1.77 bits per heavy atom. The van der Waals surface area contributed by atoms with Crippen LogP contribution in [0.1, 0.15) is 28.8 Å². The van der Waals surface area contributed by atoms with Gasteiger partial charge in [-0.15, -0.1) is 0 Å². The van der Waals surface area contributed by atoms with Gasteiger partial charge in [0.05, 0.1) is 12.7 Å². The summed E-state index contributed by atoms with van der Waals surface area (Å²) in [5.41, 5.74) is 1.84. The maximum atomic E-state index is 12.2. The molecule has 8 heteroatoms. The fraction of sp³-hybridized carbons (Fsp3) is 0.304. The molecular formula is C23H24N2O6. The Balaban J connectivity index is 1.53. The summed E-state index contributed by atoms with van der Waals surface area (Å²) >= 11 is 0. The minimum atomic E-state index is -0.893. The second-order valence-electron chi connectivity index (χ2n) is 7.10. The van der Waals surface area contributed by atoms with Crippen molar-refractivity contribution in [2.24, 2.45) is 0 Å². The molecule has 8 nitrogen and oxygen atoms in total. The first-order valence-electron chi connectivity index (χ1n) is 9.96. The van der Waals surface area contributed by atoms with Gasteiger partial charge in [0.15, 0.2) is 6.61 Å². The summed E-state index contributed by atoms with van der Waals surface area (Å²) in [6, 6.07) is 14.7. The molecule has 31 heavy (non-hydrogen) atoms. The molecule has 1 atom stereocenters. The second-order valence-corrected chi connectivity index (χ2v) is 7.10. The lowest BCUT2D eigenvalue weighted by molar-refractivity contribution is -0.145. The van der Waals surface area contributed by atoms with Gasteiger partial charge in [-0.2, -0.15) is 0 Å².